The van der Waals surface area contributed by atoms with Gasteiger partial charge >= 0.3 is 0 Å². The third kappa shape index (κ3) is 3.18. The van der Waals surface area contributed by atoms with Crippen LogP contribution in [0, 0.1) is 13.8 Å². The molecule has 0 atom stereocenters. The van der Waals surface area contributed by atoms with E-state index in [2.05, 4.69) is 85.6 Å². The Balaban J connectivity index is 1.67. The van der Waals surface area contributed by atoms with Crippen molar-refractivity contribution in [2.75, 3.05) is 0 Å². The average Bonchev–Trinajstić information content (AvgIpc) is 2.63. The number of hydrogen-bond acceptors (Lipinski definition) is 1. The maximum atomic E-state index is 4.63. The van der Waals surface area contributed by atoms with E-state index in [-0.39, 0.29) is 0 Å². The van der Waals surface area contributed by atoms with E-state index in [0.717, 1.165) is 23.2 Å². The summed E-state index contributed by atoms with van der Waals surface area (Å²) >= 11 is 0. The summed E-state index contributed by atoms with van der Waals surface area (Å²) in [4.78, 5) is 4.63. The lowest BCUT2D eigenvalue weighted by molar-refractivity contribution is 1.16. The minimum Gasteiger partial charge on any atom is -0.253 e. The summed E-state index contributed by atoms with van der Waals surface area (Å²) in [5.41, 5.74) is 8.24. The number of fused-ring (bicyclic) bond motifs is 1. The molecule has 0 aliphatic carbocycles. The van der Waals surface area contributed by atoms with Gasteiger partial charge < -0.3 is 0 Å². The molecule has 0 amide bonds. The number of aryl methyl sites for hydroxylation is 1. The number of pyridine rings is 1. The highest BCUT2D eigenvalue weighted by molar-refractivity contribution is 5.82. The Labute approximate surface area is 149 Å². The van der Waals surface area contributed by atoms with Gasteiger partial charge in [-0.05, 0) is 60.2 Å². The molecule has 4 rings (SSSR count). The summed E-state index contributed by atoms with van der Waals surface area (Å²) in [7, 11) is 0. The minimum atomic E-state index is 0.913. The number of nitrogens with zero attached hydrogens (tertiary/aromatic N) is 1. The molecule has 0 aliphatic rings. The maximum absolute atomic E-state index is 4.63. The highest BCUT2D eigenvalue weighted by Crippen LogP contribution is 2.25. The fourth-order valence-corrected chi connectivity index (χ4v) is 3.37. The SMILES string of the molecule is [CH2]c1ccccc1-c1ccc(Cc2cc(C)nc3ccccc23)cc1. The van der Waals surface area contributed by atoms with Crippen LogP contribution in [-0.4, -0.2) is 4.98 Å². The summed E-state index contributed by atoms with van der Waals surface area (Å²) in [5.74, 6) is 0. The standard InChI is InChI=1S/C24H20N/c1-17-7-3-4-8-22(17)20-13-11-19(12-14-20)16-21-15-18(2)25-24-10-6-5-9-23(21)24/h3-15H,1,16H2,2H3. The molecule has 0 spiro atoms. The Kier molecular flexibility index (Phi) is 4.07. The van der Waals surface area contributed by atoms with Crippen LogP contribution in [0.1, 0.15) is 22.4 Å². The minimum absolute atomic E-state index is 0.913. The summed E-state index contributed by atoms with van der Waals surface area (Å²) < 4.78 is 0. The van der Waals surface area contributed by atoms with Crippen molar-refractivity contribution in [1.29, 1.82) is 0 Å². The van der Waals surface area contributed by atoms with Gasteiger partial charge in [0.2, 0.25) is 0 Å². The molecule has 0 saturated carbocycles. The number of benzene rings is 3. The molecule has 0 aliphatic heterocycles. The summed E-state index contributed by atoms with van der Waals surface area (Å²) in [6.07, 6.45) is 0.913. The zero-order chi connectivity index (χ0) is 17.2. The van der Waals surface area contributed by atoms with E-state index in [4.69, 9.17) is 0 Å². The van der Waals surface area contributed by atoms with Gasteiger partial charge in [-0.3, -0.25) is 4.98 Å². The lowest BCUT2D eigenvalue weighted by Crippen LogP contribution is -1.94. The number of para-hydroxylation sites is 1. The van der Waals surface area contributed by atoms with Gasteiger partial charge in [-0.25, -0.2) is 0 Å². The molecule has 0 saturated heterocycles. The first-order chi connectivity index (χ1) is 12.2. The van der Waals surface area contributed by atoms with Gasteiger partial charge in [0, 0.05) is 11.1 Å². The molecule has 0 unspecified atom stereocenters. The second kappa shape index (κ2) is 6.52. The number of aromatic nitrogens is 1. The molecule has 0 fully saturated rings. The maximum Gasteiger partial charge on any atom is 0.0708 e. The molecule has 0 N–H and O–H groups in total. The van der Waals surface area contributed by atoms with Crippen molar-refractivity contribution in [2.24, 2.45) is 0 Å². The molecule has 1 nitrogen and oxygen atoms in total. The van der Waals surface area contributed by atoms with Gasteiger partial charge in [0.25, 0.3) is 0 Å². The van der Waals surface area contributed by atoms with Crippen LogP contribution in [-0.2, 0) is 6.42 Å². The lowest BCUT2D eigenvalue weighted by Gasteiger charge is -2.10. The van der Waals surface area contributed by atoms with E-state index >= 15 is 0 Å². The van der Waals surface area contributed by atoms with E-state index in [9.17, 15) is 0 Å². The van der Waals surface area contributed by atoms with Crippen LogP contribution in [0.4, 0.5) is 0 Å². The van der Waals surface area contributed by atoms with Crippen LogP contribution in [0.15, 0.2) is 78.9 Å². The lowest BCUT2D eigenvalue weighted by atomic mass is 9.96. The molecule has 0 bridgehead atoms. The van der Waals surface area contributed by atoms with Gasteiger partial charge in [0.05, 0.1) is 5.52 Å². The van der Waals surface area contributed by atoms with Crippen LogP contribution in [0.5, 0.6) is 0 Å². The quantitative estimate of drug-likeness (QED) is 0.452. The third-order valence-corrected chi connectivity index (χ3v) is 4.61. The van der Waals surface area contributed by atoms with E-state index < -0.39 is 0 Å². The first-order valence-corrected chi connectivity index (χ1v) is 8.56. The summed E-state index contributed by atoms with van der Waals surface area (Å²) in [5, 5.41) is 1.24. The molecule has 1 aromatic heterocycles. The van der Waals surface area contributed by atoms with Crippen LogP contribution in [0.3, 0.4) is 0 Å². The van der Waals surface area contributed by atoms with Crippen molar-refractivity contribution in [3.8, 4) is 11.1 Å². The molecule has 25 heavy (non-hydrogen) atoms. The van der Waals surface area contributed by atoms with Crippen molar-refractivity contribution in [1.82, 2.24) is 4.98 Å². The van der Waals surface area contributed by atoms with E-state index in [1.54, 1.807) is 0 Å². The van der Waals surface area contributed by atoms with Crippen LogP contribution in [0.25, 0.3) is 22.0 Å². The van der Waals surface area contributed by atoms with Crippen molar-refractivity contribution >= 4 is 10.9 Å². The second-order valence-corrected chi connectivity index (χ2v) is 6.47. The Morgan fingerprint density at radius 1 is 0.840 bits per heavy atom. The fourth-order valence-electron chi connectivity index (χ4n) is 3.37. The Bertz CT molecular complexity index is 1030. The zero-order valence-electron chi connectivity index (χ0n) is 14.4. The molecule has 121 valence electrons. The molecule has 1 heteroatoms. The van der Waals surface area contributed by atoms with Gasteiger partial charge in [-0.2, -0.15) is 0 Å². The monoisotopic (exact) mass is 322 g/mol. The van der Waals surface area contributed by atoms with Gasteiger partial charge in [-0.1, -0.05) is 66.7 Å². The summed E-state index contributed by atoms with van der Waals surface area (Å²) in [6.45, 7) is 6.18. The Morgan fingerprint density at radius 3 is 2.36 bits per heavy atom. The topological polar surface area (TPSA) is 12.9 Å². The fraction of sp³-hybridized carbons (Fsp3) is 0.0833. The third-order valence-electron chi connectivity index (χ3n) is 4.61. The first kappa shape index (κ1) is 15.6. The average molecular weight is 322 g/mol. The second-order valence-electron chi connectivity index (χ2n) is 6.47. The van der Waals surface area contributed by atoms with Crippen LogP contribution >= 0.6 is 0 Å². The normalized spacial score (nSPS) is 11.0. The number of hydrogen-bond donors (Lipinski definition) is 0. The Morgan fingerprint density at radius 2 is 1.56 bits per heavy atom. The van der Waals surface area contributed by atoms with Crippen LogP contribution in [0.2, 0.25) is 0 Å². The predicted octanol–water partition coefficient (Wildman–Crippen LogP) is 5.98. The molecule has 4 aromatic rings. The Hall–Kier alpha value is -2.93. The first-order valence-electron chi connectivity index (χ1n) is 8.56. The van der Waals surface area contributed by atoms with Crippen molar-refractivity contribution < 1.29 is 0 Å². The van der Waals surface area contributed by atoms with E-state index in [1.165, 1.54) is 27.6 Å². The predicted molar refractivity (Wildman–Crippen MR) is 106 cm³/mol. The van der Waals surface area contributed by atoms with Crippen molar-refractivity contribution in [3.63, 3.8) is 0 Å². The molecule has 1 heterocycles. The smallest absolute Gasteiger partial charge is 0.0708 e. The molecule has 3 aromatic carbocycles. The van der Waals surface area contributed by atoms with Crippen molar-refractivity contribution in [2.45, 2.75) is 13.3 Å². The van der Waals surface area contributed by atoms with E-state index in [1.807, 2.05) is 12.1 Å². The zero-order valence-corrected chi connectivity index (χ0v) is 14.4. The van der Waals surface area contributed by atoms with Gasteiger partial charge in [0.15, 0.2) is 0 Å². The highest BCUT2D eigenvalue weighted by atomic mass is 14.7. The number of rotatable bonds is 3. The highest BCUT2D eigenvalue weighted by Gasteiger charge is 2.06. The molecular weight excluding hydrogens is 302 g/mol. The van der Waals surface area contributed by atoms with E-state index in [0.29, 0.717) is 0 Å². The molecular formula is C24H20N. The van der Waals surface area contributed by atoms with Crippen molar-refractivity contribution in [3.05, 3.63) is 108 Å². The van der Waals surface area contributed by atoms with Crippen LogP contribution < -0.4 is 0 Å². The molecule has 1 radical (unpaired) electrons. The largest absolute Gasteiger partial charge is 0.253 e. The summed E-state index contributed by atoms with van der Waals surface area (Å²) in [6, 6.07) is 27.6. The van der Waals surface area contributed by atoms with Gasteiger partial charge in [-0.15, -0.1) is 0 Å². The van der Waals surface area contributed by atoms with Gasteiger partial charge in [0.1, 0.15) is 0 Å².